The number of aliphatic hydroxyl groups is 1. The van der Waals surface area contributed by atoms with Crippen LogP contribution in [0.1, 0.15) is 12.5 Å². The van der Waals surface area contributed by atoms with Crippen LogP contribution in [0.15, 0.2) is 29.4 Å². The maximum Gasteiger partial charge on any atom is 0.268 e. The Balaban J connectivity index is 2.59. The number of aliphatic hydroxyl groups excluding tert-OH is 1. The van der Waals surface area contributed by atoms with Gasteiger partial charge in [0.15, 0.2) is 0 Å². The minimum Gasteiger partial charge on any atom is -0.383 e. The van der Waals surface area contributed by atoms with Crippen molar-refractivity contribution in [3.8, 4) is 0 Å². The van der Waals surface area contributed by atoms with Gasteiger partial charge in [0.2, 0.25) is 0 Å². The van der Waals surface area contributed by atoms with Crippen molar-refractivity contribution in [1.82, 2.24) is 5.43 Å². The fourth-order valence-electron chi connectivity index (χ4n) is 0.839. The molecule has 0 aliphatic rings. The molecule has 0 saturated heterocycles. The van der Waals surface area contributed by atoms with Gasteiger partial charge in [-0.05, 0) is 13.0 Å². The third-order valence-corrected chi connectivity index (χ3v) is 2.01. The van der Waals surface area contributed by atoms with E-state index in [1.54, 1.807) is 18.2 Å². The summed E-state index contributed by atoms with van der Waals surface area (Å²) in [5.74, 6) is -0.557. The molecule has 0 fully saturated rings. The van der Waals surface area contributed by atoms with E-state index in [4.69, 9.17) is 16.7 Å². The predicted octanol–water partition coefficient (Wildman–Crippen LogP) is 1.17. The number of rotatable bonds is 3. The molecule has 0 spiro atoms. The zero-order valence-corrected chi connectivity index (χ0v) is 8.90. The largest absolute Gasteiger partial charge is 0.383 e. The van der Waals surface area contributed by atoms with Gasteiger partial charge in [0, 0.05) is 10.6 Å². The molecule has 0 bridgehead atoms. The van der Waals surface area contributed by atoms with Crippen molar-refractivity contribution in [2.75, 3.05) is 0 Å². The van der Waals surface area contributed by atoms with E-state index in [-0.39, 0.29) is 0 Å². The van der Waals surface area contributed by atoms with Crippen molar-refractivity contribution in [3.05, 3.63) is 34.9 Å². The maximum absolute atomic E-state index is 10.9. The van der Waals surface area contributed by atoms with E-state index in [9.17, 15) is 4.79 Å². The van der Waals surface area contributed by atoms with Gasteiger partial charge in [0.05, 0.1) is 6.21 Å². The Morgan fingerprint density at radius 3 is 2.87 bits per heavy atom. The lowest BCUT2D eigenvalue weighted by Gasteiger charge is -2.01. The average Bonchev–Trinajstić information content (AvgIpc) is 2.20. The summed E-state index contributed by atoms with van der Waals surface area (Å²) in [6, 6.07) is 7.09. The molecular formula is C10H11ClN2O2. The molecule has 0 saturated carbocycles. The minimum atomic E-state index is -1.08. The molecular weight excluding hydrogens is 216 g/mol. The molecule has 0 aliphatic heterocycles. The van der Waals surface area contributed by atoms with Crippen molar-refractivity contribution in [2.45, 2.75) is 13.0 Å². The summed E-state index contributed by atoms with van der Waals surface area (Å²) in [5, 5.41) is 13.1. The SMILES string of the molecule is CC(O)C(=O)N/N=C/c1ccccc1Cl. The van der Waals surface area contributed by atoms with Crippen molar-refractivity contribution in [3.63, 3.8) is 0 Å². The number of carbonyl (C=O) groups is 1. The number of hydrogen-bond acceptors (Lipinski definition) is 3. The smallest absolute Gasteiger partial charge is 0.268 e. The highest BCUT2D eigenvalue weighted by Crippen LogP contribution is 2.11. The zero-order valence-electron chi connectivity index (χ0n) is 8.14. The molecule has 1 unspecified atom stereocenters. The van der Waals surface area contributed by atoms with E-state index in [2.05, 4.69) is 10.5 Å². The number of nitrogens with one attached hydrogen (secondary N) is 1. The lowest BCUT2D eigenvalue weighted by molar-refractivity contribution is -0.128. The maximum atomic E-state index is 10.9. The zero-order chi connectivity index (χ0) is 11.3. The fourth-order valence-corrected chi connectivity index (χ4v) is 1.02. The summed E-state index contributed by atoms with van der Waals surface area (Å²) in [6.45, 7) is 1.36. The Hall–Kier alpha value is -1.39. The molecule has 15 heavy (non-hydrogen) atoms. The normalized spacial score (nSPS) is 12.7. The van der Waals surface area contributed by atoms with Crippen LogP contribution in [0, 0.1) is 0 Å². The number of benzene rings is 1. The third-order valence-electron chi connectivity index (χ3n) is 1.66. The molecule has 1 aromatic carbocycles. The quantitative estimate of drug-likeness (QED) is 0.600. The summed E-state index contributed by atoms with van der Waals surface area (Å²) < 4.78 is 0. The van der Waals surface area contributed by atoms with Gasteiger partial charge in [0.1, 0.15) is 6.10 Å². The second-order valence-electron chi connectivity index (χ2n) is 2.93. The summed E-state index contributed by atoms with van der Waals surface area (Å²) >= 11 is 5.85. The first-order chi connectivity index (χ1) is 7.11. The van der Waals surface area contributed by atoms with Crippen LogP contribution in [0.25, 0.3) is 0 Å². The minimum absolute atomic E-state index is 0.549. The van der Waals surface area contributed by atoms with Gasteiger partial charge >= 0.3 is 0 Å². The highest BCUT2D eigenvalue weighted by atomic mass is 35.5. The average molecular weight is 227 g/mol. The van der Waals surface area contributed by atoms with E-state index in [0.29, 0.717) is 10.6 Å². The van der Waals surface area contributed by atoms with Crippen molar-refractivity contribution in [1.29, 1.82) is 0 Å². The van der Waals surface area contributed by atoms with E-state index in [0.717, 1.165) is 0 Å². The van der Waals surface area contributed by atoms with Gasteiger partial charge < -0.3 is 5.11 Å². The van der Waals surface area contributed by atoms with Crippen LogP contribution in [0.5, 0.6) is 0 Å². The Labute approximate surface area is 92.6 Å². The van der Waals surface area contributed by atoms with Crippen molar-refractivity contribution >= 4 is 23.7 Å². The van der Waals surface area contributed by atoms with Crippen LogP contribution in [0.4, 0.5) is 0 Å². The number of hydrazone groups is 1. The molecule has 0 heterocycles. The molecule has 1 aromatic rings. The first kappa shape index (κ1) is 11.7. The molecule has 1 amide bonds. The van der Waals surface area contributed by atoms with Crippen LogP contribution >= 0.6 is 11.6 Å². The van der Waals surface area contributed by atoms with Crippen LogP contribution in [-0.4, -0.2) is 23.3 Å². The van der Waals surface area contributed by atoms with Crippen molar-refractivity contribution < 1.29 is 9.90 Å². The third kappa shape index (κ3) is 3.69. The first-order valence-electron chi connectivity index (χ1n) is 4.37. The van der Waals surface area contributed by atoms with Gasteiger partial charge in [-0.25, -0.2) is 5.43 Å². The molecule has 1 rings (SSSR count). The lowest BCUT2D eigenvalue weighted by Crippen LogP contribution is -2.28. The second-order valence-corrected chi connectivity index (χ2v) is 3.34. The lowest BCUT2D eigenvalue weighted by atomic mass is 10.2. The van der Waals surface area contributed by atoms with Crippen molar-refractivity contribution in [2.24, 2.45) is 5.10 Å². The summed E-state index contributed by atoms with van der Waals surface area (Å²) in [7, 11) is 0. The fraction of sp³-hybridized carbons (Fsp3) is 0.200. The van der Waals surface area contributed by atoms with Gasteiger partial charge in [-0.2, -0.15) is 5.10 Å². The van der Waals surface area contributed by atoms with E-state index in [1.807, 2.05) is 6.07 Å². The highest BCUT2D eigenvalue weighted by molar-refractivity contribution is 6.33. The number of amides is 1. The number of nitrogens with zero attached hydrogens (tertiary/aromatic N) is 1. The number of carbonyl (C=O) groups excluding carboxylic acids is 1. The highest BCUT2D eigenvalue weighted by Gasteiger charge is 2.05. The van der Waals surface area contributed by atoms with Gasteiger partial charge in [0.25, 0.3) is 5.91 Å². The van der Waals surface area contributed by atoms with Crippen LogP contribution in [-0.2, 0) is 4.79 Å². The van der Waals surface area contributed by atoms with Gasteiger partial charge in [-0.3, -0.25) is 4.79 Å². The molecule has 2 N–H and O–H groups in total. The summed E-state index contributed by atoms with van der Waals surface area (Å²) in [4.78, 5) is 10.9. The summed E-state index contributed by atoms with van der Waals surface area (Å²) in [6.07, 6.45) is 0.344. The van der Waals surface area contributed by atoms with Crippen LogP contribution in [0.2, 0.25) is 5.02 Å². The molecule has 0 aliphatic carbocycles. The Morgan fingerprint density at radius 1 is 1.60 bits per heavy atom. The second kappa shape index (κ2) is 5.48. The monoisotopic (exact) mass is 226 g/mol. The summed E-state index contributed by atoms with van der Waals surface area (Å²) in [5.41, 5.74) is 2.88. The van der Waals surface area contributed by atoms with Gasteiger partial charge in [-0.15, -0.1) is 0 Å². The first-order valence-corrected chi connectivity index (χ1v) is 4.74. The van der Waals surface area contributed by atoms with Crippen LogP contribution < -0.4 is 5.43 Å². The molecule has 5 heteroatoms. The molecule has 80 valence electrons. The number of halogens is 1. The molecule has 4 nitrogen and oxygen atoms in total. The Bertz CT molecular complexity index is 377. The Morgan fingerprint density at radius 2 is 2.27 bits per heavy atom. The Kier molecular flexibility index (Phi) is 4.27. The molecule has 1 atom stereocenters. The molecule has 0 radical (unpaired) electrons. The predicted molar refractivity (Wildman–Crippen MR) is 58.9 cm³/mol. The number of hydrogen-bond donors (Lipinski definition) is 2. The van der Waals surface area contributed by atoms with Gasteiger partial charge in [-0.1, -0.05) is 29.8 Å². The van der Waals surface area contributed by atoms with E-state index in [1.165, 1.54) is 13.1 Å². The van der Waals surface area contributed by atoms with E-state index < -0.39 is 12.0 Å². The van der Waals surface area contributed by atoms with E-state index >= 15 is 0 Å². The van der Waals surface area contributed by atoms with Crippen LogP contribution in [0.3, 0.4) is 0 Å². The topological polar surface area (TPSA) is 61.7 Å². The molecule has 0 aromatic heterocycles. The standard InChI is InChI=1S/C10H11ClN2O2/c1-7(14)10(15)13-12-6-8-4-2-3-5-9(8)11/h2-7,14H,1H3,(H,13,15)/b12-6+.